The summed E-state index contributed by atoms with van der Waals surface area (Å²) in [6.45, 7) is 1.81. The third-order valence-electron chi connectivity index (χ3n) is 2.65. The summed E-state index contributed by atoms with van der Waals surface area (Å²) in [5.41, 5.74) is 0.632. The van der Waals surface area contributed by atoms with Gasteiger partial charge in [0.15, 0.2) is 5.69 Å². The predicted octanol–water partition coefficient (Wildman–Crippen LogP) is 0.685. The summed E-state index contributed by atoms with van der Waals surface area (Å²) in [7, 11) is 1.69. The van der Waals surface area contributed by atoms with Crippen molar-refractivity contribution < 1.29 is 9.90 Å². The Hall–Kier alpha value is -2.15. The van der Waals surface area contributed by atoms with Gasteiger partial charge in [-0.05, 0) is 13.0 Å². The SMILES string of the molecule is Cc1nn(C)c(Cn2nc(C(=O)O)ccc2=O)c1Cl. The van der Waals surface area contributed by atoms with Crippen LogP contribution < -0.4 is 5.56 Å². The van der Waals surface area contributed by atoms with Gasteiger partial charge in [-0.1, -0.05) is 11.6 Å². The van der Waals surface area contributed by atoms with Crippen LogP contribution in [-0.2, 0) is 13.6 Å². The van der Waals surface area contributed by atoms with E-state index in [1.54, 1.807) is 18.7 Å². The molecule has 0 spiro atoms. The number of hydrogen-bond donors (Lipinski definition) is 1. The number of nitrogens with zero attached hydrogens (tertiary/aromatic N) is 4. The molecule has 0 atom stereocenters. The van der Waals surface area contributed by atoms with Crippen molar-refractivity contribution in [1.82, 2.24) is 19.6 Å². The van der Waals surface area contributed by atoms with E-state index in [2.05, 4.69) is 10.2 Å². The van der Waals surface area contributed by atoms with Crippen LogP contribution in [0.15, 0.2) is 16.9 Å². The molecule has 8 heteroatoms. The zero-order chi connectivity index (χ0) is 14.2. The standard InChI is InChI=1S/C11H11ClN4O3/c1-6-10(12)8(15(2)13-6)5-16-9(17)4-3-7(14-16)11(18)19/h3-4H,5H2,1-2H3,(H,18,19). The van der Waals surface area contributed by atoms with Crippen molar-refractivity contribution in [2.24, 2.45) is 7.05 Å². The minimum absolute atomic E-state index is 0.0656. The summed E-state index contributed by atoms with van der Waals surface area (Å²) in [5, 5.41) is 17.2. The number of hydrogen-bond acceptors (Lipinski definition) is 4. The lowest BCUT2D eigenvalue weighted by Crippen LogP contribution is -2.25. The minimum Gasteiger partial charge on any atom is -0.476 e. The molecule has 0 aliphatic rings. The second kappa shape index (κ2) is 4.85. The van der Waals surface area contributed by atoms with Gasteiger partial charge in [0.1, 0.15) is 0 Å². The molecule has 7 nitrogen and oxygen atoms in total. The molecule has 0 bridgehead atoms. The van der Waals surface area contributed by atoms with Gasteiger partial charge in [0.05, 0.1) is 23.0 Å². The average molecular weight is 283 g/mol. The highest BCUT2D eigenvalue weighted by molar-refractivity contribution is 6.31. The monoisotopic (exact) mass is 282 g/mol. The van der Waals surface area contributed by atoms with E-state index in [0.717, 1.165) is 16.8 Å². The fourth-order valence-corrected chi connectivity index (χ4v) is 1.89. The first-order valence-electron chi connectivity index (χ1n) is 5.39. The first kappa shape index (κ1) is 13.3. The summed E-state index contributed by atoms with van der Waals surface area (Å²) in [5.74, 6) is -1.19. The highest BCUT2D eigenvalue weighted by Crippen LogP contribution is 2.19. The number of aryl methyl sites for hydroxylation is 2. The molecule has 100 valence electrons. The number of aromatic nitrogens is 4. The van der Waals surface area contributed by atoms with Gasteiger partial charge in [-0.2, -0.15) is 10.2 Å². The van der Waals surface area contributed by atoms with Gasteiger partial charge in [0, 0.05) is 13.1 Å². The van der Waals surface area contributed by atoms with Gasteiger partial charge >= 0.3 is 5.97 Å². The van der Waals surface area contributed by atoms with E-state index in [4.69, 9.17) is 16.7 Å². The molecule has 2 aromatic rings. The van der Waals surface area contributed by atoms with Crippen LogP contribution >= 0.6 is 11.6 Å². The minimum atomic E-state index is -1.19. The summed E-state index contributed by atoms with van der Waals surface area (Å²) in [4.78, 5) is 22.5. The van der Waals surface area contributed by atoms with Gasteiger partial charge in [-0.15, -0.1) is 0 Å². The number of carboxylic acid groups (broad SMARTS) is 1. The topological polar surface area (TPSA) is 90.0 Å². The van der Waals surface area contributed by atoms with Crippen molar-refractivity contribution in [2.75, 3.05) is 0 Å². The second-order valence-corrected chi connectivity index (χ2v) is 4.37. The van der Waals surface area contributed by atoms with Crippen LogP contribution in [0.5, 0.6) is 0 Å². The molecule has 0 amide bonds. The zero-order valence-corrected chi connectivity index (χ0v) is 11.0. The fourth-order valence-electron chi connectivity index (χ4n) is 1.67. The average Bonchev–Trinajstić information content (AvgIpc) is 2.58. The van der Waals surface area contributed by atoms with Crippen LogP contribution in [0.3, 0.4) is 0 Å². The Balaban J connectivity index is 2.46. The van der Waals surface area contributed by atoms with Gasteiger partial charge in [-0.25, -0.2) is 9.48 Å². The molecule has 0 aliphatic carbocycles. The van der Waals surface area contributed by atoms with Crippen LogP contribution in [0.4, 0.5) is 0 Å². The maximum absolute atomic E-state index is 11.7. The summed E-state index contributed by atoms with van der Waals surface area (Å²) in [6.07, 6.45) is 0. The van der Waals surface area contributed by atoms with E-state index >= 15 is 0 Å². The highest BCUT2D eigenvalue weighted by atomic mass is 35.5. The molecular weight excluding hydrogens is 272 g/mol. The Bertz CT molecular complexity index is 704. The third-order valence-corrected chi connectivity index (χ3v) is 3.14. The maximum Gasteiger partial charge on any atom is 0.356 e. The molecule has 0 radical (unpaired) electrons. The lowest BCUT2D eigenvalue weighted by atomic mass is 10.3. The van der Waals surface area contributed by atoms with E-state index in [-0.39, 0.29) is 12.2 Å². The van der Waals surface area contributed by atoms with Gasteiger partial charge in [0.2, 0.25) is 0 Å². The third kappa shape index (κ3) is 2.50. The summed E-state index contributed by atoms with van der Waals surface area (Å²) >= 11 is 6.08. The lowest BCUT2D eigenvalue weighted by molar-refractivity contribution is 0.0687. The first-order chi connectivity index (χ1) is 8.90. The molecule has 2 rings (SSSR count). The van der Waals surface area contributed by atoms with Gasteiger partial charge in [-0.3, -0.25) is 9.48 Å². The molecule has 2 heterocycles. The number of halogens is 1. The van der Waals surface area contributed by atoms with E-state index in [9.17, 15) is 9.59 Å². The van der Waals surface area contributed by atoms with Crippen molar-refractivity contribution >= 4 is 17.6 Å². The summed E-state index contributed by atoms with van der Waals surface area (Å²) < 4.78 is 2.59. The molecule has 0 aromatic carbocycles. The van der Waals surface area contributed by atoms with Gasteiger partial charge in [0.25, 0.3) is 5.56 Å². The van der Waals surface area contributed by atoms with Crippen molar-refractivity contribution in [3.8, 4) is 0 Å². The Morgan fingerprint density at radius 3 is 2.63 bits per heavy atom. The second-order valence-electron chi connectivity index (χ2n) is 3.99. The number of aromatic carboxylic acids is 1. The van der Waals surface area contributed by atoms with Crippen molar-refractivity contribution in [1.29, 1.82) is 0 Å². The normalized spacial score (nSPS) is 10.7. The Kier molecular flexibility index (Phi) is 3.39. The first-order valence-corrected chi connectivity index (χ1v) is 5.77. The smallest absolute Gasteiger partial charge is 0.356 e. The van der Waals surface area contributed by atoms with Crippen LogP contribution in [-0.4, -0.2) is 30.6 Å². The quantitative estimate of drug-likeness (QED) is 0.894. The van der Waals surface area contributed by atoms with Gasteiger partial charge < -0.3 is 5.11 Å². The number of rotatable bonds is 3. The van der Waals surface area contributed by atoms with E-state index < -0.39 is 11.5 Å². The Morgan fingerprint density at radius 2 is 2.11 bits per heavy atom. The molecule has 2 aromatic heterocycles. The van der Waals surface area contributed by atoms with Crippen molar-refractivity contribution in [3.05, 3.63) is 44.6 Å². The Morgan fingerprint density at radius 1 is 1.42 bits per heavy atom. The van der Waals surface area contributed by atoms with Crippen molar-refractivity contribution in [2.45, 2.75) is 13.5 Å². The van der Waals surface area contributed by atoms with Crippen LogP contribution in [0.25, 0.3) is 0 Å². The summed E-state index contributed by atoms with van der Waals surface area (Å²) in [6, 6.07) is 2.32. The lowest BCUT2D eigenvalue weighted by Gasteiger charge is -2.06. The molecular formula is C11H11ClN4O3. The highest BCUT2D eigenvalue weighted by Gasteiger charge is 2.14. The molecule has 19 heavy (non-hydrogen) atoms. The zero-order valence-electron chi connectivity index (χ0n) is 10.3. The molecule has 0 saturated heterocycles. The Labute approximate surface area is 113 Å². The molecule has 0 saturated carbocycles. The number of carboxylic acids is 1. The van der Waals surface area contributed by atoms with Crippen LogP contribution in [0.2, 0.25) is 5.02 Å². The molecule has 0 unspecified atom stereocenters. The predicted molar refractivity (Wildman–Crippen MR) is 67.5 cm³/mol. The van der Waals surface area contributed by atoms with Crippen molar-refractivity contribution in [3.63, 3.8) is 0 Å². The van der Waals surface area contributed by atoms with Crippen LogP contribution in [0, 0.1) is 6.92 Å². The van der Waals surface area contributed by atoms with E-state index in [1.807, 2.05) is 0 Å². The van der Waals surface area contributed by atoms with E-state index in [1.165, 1.54) is 0 Å². The maximum atomic E-state index is 11.7. The molecule has 1 N–H and O–H groups in total. The van der Waals surface area contributed by atoms with E-state index in [0.29, 0.717) is 16.4 Å². The molecule has 0 aliphatic heterocycles. The number of carbonyl (C=O) groups is 1. The molecule has 0 fully saturated rings. The van der Waals surface area contributed by atoms with Crippen LogP contribution in [0.1, 0.15) is 21.9 Å². The largest absolute Gasteiger partial charge is 0.476 e. The fraction of sp³-hybridized carbons (Fsp3) is 0.273.